The summed E-state index contributed by atoms with van der Waals surface area (Å²) in [5.74, 6) is -0.887. The molecule has 0 aliphatic rings. The smallest absolute Gasteiger partial charge is 0.319 e. The molecule has 11 heteroatoms. The molecular weight excluding hydrogens is 306 g/mol. The van der Waals surface area contributed by atoms with Crippen LogP contribution >= 0.6 is 11.6 Å². The van der Waals surface area contributed by atoms with Gasteiger partial charge in [-0.2, -0.15) is 5.10 Å². The Balaban J connectivity index is 2.31. The van der Waals surface area contributed by atoms with Crippen molar-refractivity contribution in [2.75, 3.05) is 5.32 Å². The number of hydrogen-bond acceptors (Lipinski definition) is 6. The number of amides is 1. The Morgan fingerprint density at radius 2 is 2.00 bits per heavy atom. The average molecular weight is 312 g/mol. The van der Waals surface area contributed by atoms with Crippen molar-refractivity contribution < 1.29 is 14.6 Å². The summed E-state index contributed by atoms with van der Waals surface area (Å²) in [6.07, 6.45) is 0.879. The Labute approximate surface area is 121 Å². The predicted molar refractivity (Wildman–Crippen MR) is 71.3 cm³/mol. The Kier molecular flexibility index (Phi) is 3.80. The van der Waals surface area contributed by atoms with Crippen molar-refractivity contribution in [2.45, 2.75) is 0 Å². The van der Waals surface area contributed by atoms with Gasteiger partial charge in [-0.15, -0.1) is 0 Å². The van der Waals surface area contributed by atoms with Gasteiger partial charge < -0.3 is 5.32 Å². The Morgan fingerprint density at radius 3 is 2.62 bits per heavy atom. The van der Waals surface area contributed by atoms with Gasteiger partial charge in [-0.3, -0.25) is 30.1 Å². The number of hydrogen-bond donors (Lipinski definition) is 2. The van der Waals surface area contributed by atoms with Gasteiger partial charge in [-0.05, 0) is 6.07 Å². The van der Waals surface area contributed by atoms with Crippen molar-refractivity contribution in [3.63, 3.8) is 0 Å². The number of nitro groups is 2. The van der Waals surface area contributed by atoms with Crippen LogP contribution in [0.4, 0.5) is 17.1 Å². The van der Waals surface area contributed by atoms with Crippen LogP contribution in [0.2, 0.25) is 5.02 Å². The maximum Gasteiger partial charge on any atom is 0.319 e. The van der Waals surface area contributed by atoms with Crippen LogP contribution in [0.3, 0.4) is 0 Å². The Morgan fingerprint density at radius 1 is 1.29 bits per heavy atom. The van der Waals surface area contributed by atoms with Crippen LogP contribution in [0.25, 0.3) is 0 Å². The van der Waals surface area contributed by atoms with Crippen LogP contribution in [0.15, 0.2) is 24.4 Å². The van der Waals surface area contributed by atoms with Crippen molar-refractivity contribution in [3.8, 4) is 0 Å². The maximum absolute atomic E-state index is 11.9. The second-order valence-corrected chi connectivity index (χ2v) is 4.17. The molecule has 1 aromatic carbocycles. The van der Waals surface area contributed by atoms with E-state index < -0.39 is 21.4 Å². The molecule has 2 aromatic rings. The summed E-state index contributed by atoms with van der Waals surface area (Å²) in [6, 6.07) is 3.44. The van der Waals surface area contributed by atoms with Gasteiger partial charge in [-0.25, -0.2) is 0 Å². The number of nitrogens with one attached hydrogen (secondary N) is 2. The number of aromatic nitrogens is 2. The normalized spacial score (nSPS) is 10.1. The number of non-ortho nitro benzene ring substituents is 1. The van der Waals surface area contributed by atoms with Gasteiger partial charge in [0, 0.05) is 12.1 Å². The highest BCUT2D eigenvalue weighted by Gasteiger charge is 2.23. The molecule has 0 saturated heterocycles. The molecule has 0 unspecified atom stereocenters. The SMILES string of the molecule is O=C(Nc1cc([N+](=O)[O-])ccc1Cl)c1[nH]ncc1[N+](=O)[O-]. The average Bonchev–Trinajstić information content (AvgIpc) is 2.90. The lowest BCUT2D eigenvalue weighted by Gasteiger charge is -2.05. The monoisotopic (exact) mass is 311 g/mol. The molecule has 0 radical (unpaired) electrons. The van der Waals surface area contributed by atoms with Crippen LogP contribution < -0.4 is 5.32 Å². The van der Waals surface area contributed by atoms with E-state index >= 15 is 0 Å². The zero-order chi connectivity index (χ0) is 15.6. The summed E-state index contributed by atoms with van der Waals surface area (Å²) in [6.45, 7) is 0. The second-order valence-electron chi connectivity index (χ2n) is 3.76. The van der Waals surface area contributed by atoms with Gasteiger partial charge in [0.15, 0.2) is 0 Å². The largest absolute Gasteiger partial charge is 0.319 e. The minimum absolute atomic E-state index is 0.0419. The molecule has 0 aliphatic heterocycles. The molecule has 108 valence electrons. The number of carbonyl (C=O) groups excluding carboxylic acids is 1. The number of nitrogens with zero attached hydrogens (tertiary/aromatic N) is 3. The lowest BCUT2D eigenvalue weighted by molar-refractivity contribution is -0.385. The molecule has 0 spiro atoms. The van der Waals surface area contributed by atoms with Crippen LogP contribution in [-0.2, 0) is 0 Å². The number of rotatable bonds is 4. The quantitative estimate of drug-likeness (QED) is 0.653. The molecule has 0 fully saturated rings. The minimum Gasteiger partial charge on any atom is -0.319 e. The highest BCUT2D eigenvalue weighted by molar-refractivity contribution is 6.34. The van der Waals surface area contributed by atoms with Crippen LogP contribution in [0.5, 0.6) is 0 Å². The standard InChI is InChI=1S/C10H6ClN5O5/c11-6-2-1-5(15(18)19)3-7(6)13-10(17)9-8(16(20)21)4-12-14-9/h1-4H,(H,12,14)(H,13,17). The van der Waals surface area contributed by atoms with Crippen molar-refractivity contribution in [1.82, 2.24) is 10.2 Å². The fraction of sp³-hybridized carbons (Fsp3) is 0. The zero-order valence-electron chi connectivity index (χ0n) is 10.1. The summed E-state index contributed by atoms with van der Waals surface area (Å²) in [5, 5.41) is 29.3. The molecular formula is C10H6ClN5O5. The molecule has 1 heterocycles. The molecule has 0 aliphatic carbocycles. The highest BCUT2D eigenvalue weighted by atomic mass is 35.5. The number of H-pyrrole nitrogens is 1. The number of aromatic amines is 1. The van der Waals surface area contributed by atoms with Crippen molar-refractivity contribution in [1.29, 1.82) is 0 Å². The van der Waals surface area contributed by atoms with E-state index in [0.29, 0.717) is 0 Å². The molecule has 0 atom stereocenters. The fourth-order valence-corrected chi connectivity index (χ4v) is 1.66. The lowest BCUT2D eigenvalue weighted by atomic mass is 10.2. The lowest BCUT2D eigenvalue weighted by Crippen LogP contribution is -2.14. The van der Waals surface area contributed by atoms with E-state index in [2.05, 4.69) is 15.5 Å². The Bertz CT molecular complexity index is 743. The second kappa shape index (κ2) is 5.54. The summed E-state index contributed by atoms with van der Waals surface area (Å²) in [4.78, 5) is 31.8. The molecule has 2 N–H and O–H groups in total. The van der Waals surface area contributed by atoms with Crippen LogP contribution in [-0.4, -0.2) is 26.0 Å². The van der Waals surface area contributed by atoms with Crippen molar-refractivity contribution in [3.05, 3.63) is 55.3 Å². The minimum atomic E-state index is -0.887. The molecule has 21 heavy (non-hydrogen) atoms. The van der Waals surface area contributed by atoms with Crippen LogP contribution in [0, 0.1) is 20.2 Å². The molecule has 0 saturated carbocycles. The number of nitro benzene ring substituents is 1. The summed E-state index contributed by atoms with van der Waals surface area (Å²) in [5.41, 5.74) is -1.23. The van der Waals surface area contributed by atoms with E-state index in [1.807, 2.05) is 0 Å². The molecule has 10 nitrogen and oxygen atoms in total. The van der Waals surface area contributed by atoms with Gasteiger partial charge in [0.05, 0.1) is 20.6 Å². The molecule has 2 rings (SSSR count). The first-order chi connectivity index (χ1) is 9.90. The third-order valence-electron chi connectivity index (χ3n) is 2.45. The van der Waals surface area contributed by atoms with Gasteiger partial charge in [0.2, 0.25) is 5.69 Å². The van der Waals surface area contributed by atoms with E-state index in [0.717, 1.165) is 18.3 Å². The van der Waals surface area contributed by atoms with Gasteiger partial charge in [0.25, 0.3) is 11.6 Å². The third-order valence-corrected chi connectivity index (χ3v) is 2.78. The van der Waals surface area contributed by atoms with Gasteiger partial charge in [-0.1, -0.05) is 11.6 Å². The van der Waals surface area contributed by atoms with E-state index in [1.54, 1.807) is 0 Å². The topological polar surface area (TPSA) is 144 Å². The molecule has 1 aromatic heterocycles. The number of anilines is 1. The van der Waals surface area contributed by atoms with Crippen molar-refractivity contribution >= 4 is 34.6 Å². The number of halogens is 1. The Hall–Kier alpha value is -3.01. The zero-order valence-corrected chi connectivity index (χ0v) is 10.8. The predicted octanol–water partition coefficient (Wildman–Crippen LogP) is 2.13. The first kappa shape index (κ1) is 14.4. The van der Waals surface area contributed by atoms with E-state index in [4.69, 9.17) is 11.6 Å². The summed E-state index contributed by atoms with van der Waals surface area (Å²) >= 11 is 5.81. The summed E-state index contributed by atoms with van der Waals surface area (Å²) in [7, 11) is 0. The van der Waals surface area contributed by atoms with E-state index in [-0.39, 0.29) is 22.1 Å². The first-order valence-corrected chi connectivity index (χ1v) is 5.71. The van der Waals surface area contributed by atoms with Crippen molar-refractivity contribution in [2.24, 2.45) is 0 Å². The van der Waals surface area contributed by atoms with Crippen LogP contribution in [0.1, 0.15) is 10.5 Å². The maximum atomic E-state index is 11.9. The van der Waals surface area contributed by atoms with E-state index in [9.17, 15) is 25.0 Å². The number of carbonyl (C=O) groups is 1. The summed E-state index contributed by atoms with van der Waals surface area (Å²) < 4.78 is 0. The first-order valence-electron chi connectivity index (χ1n) is 5.33. The molecule has 1 amide bonds. The highest BCUT2D eigenvalue weighted by Crippen LogP contribution is 2.27. The molecule has 0 bridgehead atoms. The van der Waals surface area contributed by atoms with Gasteiger partial charge >= 0.3 is 5.69 Å². The fourth-order valence-electron chi connectivity index (χ4n) is 1.49. The van der Waals surface area contributed by atoms with Gasteiger partial charge in [0.1, 0.15) is 6.20 Å². The van der Waals surface area contributed by atoms with E-state index in [1.165, 1.54) is 6.07 Å². The third kappa shape index (κ3) is 2.95. The number of benzene rings is 1.